The van der Waals surface area contributed by atoms with Crippen LogP contribution in [0.25, 0.3) is 11.5 Å². The van der Waals surface area contributed by atoms with Crippen LogP contribution in [0.1, 0.15) is 32.7 Å². The number of benzene rings is 1. The number of hydrogen-bond acceptors (Lipinski definition) is 5. The van der Waals surface area contributed by atoms with Crippen molar-refractivity contribution in [1.82, 2.24) is 15.5 Å². The predicted octanol–water partition coefficient (Wildman–Crippen LogP) is 0.846. The number of nitrogens with one attached hydrogen (secondary N) is 2. The molecule has 0 fully saturated rings. The lowest BCUT2D eigenvalue weighted by atomic mass is 10.2. The molecule has 130 valence electrons. The molecule has 0 bridgehead atoms. The number of hydrogen-bond donors (Lipinski definition) is 2. The standard InChI is InChI=1S/C17H24N4O3/c1-11(2)18-15(22)10-21(4)12(3)16-19-20-17(24-16)13-6-8-14(23-5)9-7-13/h6-9,11-12H,10H2,1-5H3,(H,18,22)/p+1/t12-/m1/s1. The summed E-state index contributed by atoms with van der Waals surface area (Å²) in [5, 5.41) is 11.1. The topological polar surface area (TPSA) is 81.7 Å². The fourth-order valence-electron chi connectivity index (χ4n) is 2.25. The highest BCUT2D eigenvalue weighted by Gasteiger charge is 2.24. The normalized spacial score (nSPS) is 13.6. The molecule has 1 aromatic carbocycles. The molecule has 0 aliphatic rings. The van der Waals surface area contributed by atoms with Crippen molar-refractivity contribution in [2.75, 3.05) is 20.7 Å². The van der Waals surface area contributed by atoms with E-state index in [0.717, 1.165) is 16.2 Å². The minimum absolute atomic E-state index is 0.00393. The number of likely N-dealkylation sites (N-methyl/N-ethyl adjacent to an activating group) is 1. The SMILES string of the molecule is COc1ccc(-c2nnc([C@@H](C)[NH+](C)CC(=O)NC(C)C)o2)cc1. The lowest BCUT2D eigenvalue weighted by molar-refractivity contribution is -0.903. The molecule has 1 heterocycles. The Hall–Kier alpha value is -2.41. The summed E-state index contributed by atoms with van der Waals surface area (Å²) in [7, 11) is 3.55. The third-order valence-electron chi connectivity index (χ3n) is 3.78. The van der Waals surface area contributed by atoms with Gasteiger partial charge in [-0.15, -0.1) is 10.2 Å². The molecule has 0 saturated carbocycles. The van der Waals surface area contributed by atoms with Crippen molar-refractivity contribution < 1.29 is 18.8 Å². The Labute approximate surface area is 142 Å². The quantitative estimate of drug-likeness (QED) is 0.785. The zero-order valence-electron chi connectivity index (χ0n) is 14.8. The Morgan fingerprint density at radius 2 is 1.92 bits per heavy atom. The third kappa shape index (κ3) is 4.55. The Bertz CT molecular complexity index is 667. The van der Waals surface area contributed by atoms with E-state index in [-0.39, 0.29) is 18.0 Å². The molecule has 0 aliphatic heterocycles. The number of quaternary nitrogens is 1. The average Bonchev–Trinajstić information content (AvgIpc) is 3.03. The Kier molecular flexibility index (Phi) is 5.92. The fraction of sp³-hybridized carbons (Fsp3) is 0.471. The van der Waals surface area contributed by atoms with Gasteiger partial charge in [-0.1, -0.05) is 0 Å². The number of amides is 1. The molecule has 0 spiro atoms. The van der Waals surface area contributed by atoms with Crippen LogP contribution >= 0.6 is 0 Å². The van der Waals surface area contributed by atoms with Crippen LogP contribution in [-0.2, 0) is 4.79 Å². The van der Waals surface area contributed by atoms with Crippen LogP contribution < -0.4 is 15.0 Å². The molecule has 1 aromatic heterocycles. The van der Waals surface area contributed by atoms with Crippen LogP contribution in [0.5, 0.6) is 5.75 Å². The molecule has 2 N–H and O–H groups in total. The number of carbonyl (C=O) groups excluding carboxylic acids is 1. The summed E-state index contributed by atoms with van der Waals surface area (Å²) in [4.78, 5) is 12.9. The molecule has 7 nitrogen and oxygen atoms in total. The zero-order chi connectivity index (χ0) is 17.7. The van der Waals surface area contributed by atoms with E-state index >= 15 is 0 Å². The maximum atomic E-state index is 11.9. The van der Waals surface area contributed by atoms with E-state index < -0.39 is 0 Å². The van der Waals surface area contributed by atoms with Gasteiger partial charge in [0, 0.05) is 11.6 Å². The van der Waals surface area contributed by atoms with E-state index in [1.807, 2.05) is 52.1 Å². The molecule has 2 rings (SSSR count). The first-order chi connectivity index (χ1) is 11.4. The lowest BCUT2D eigenvalue weighted by Crippen LogP contribution is -3.10. The molecule has 24 heavy (non-hydrogen) atoms. The monoisotopic (exact) mass is 333 g/mol. The van der Waals surface area contributed by atoms with Gasteiger partial charge in [0.2, 0.25) is 5.89 Å². The maximum Gasteiger partial charge on any atom is 0.275 e. The van der Waals surface area contributed by atoms with Crippen LogP contribution in [0.4, 0.5) is 0 Å². The number of carbonyl (C=O) groups is 1. The molecular formula is C17H25N4O3+. The first kappa shape index (κ1) is 17.9. The van der Waals surface area contributed by atoms with Gasteiger partial charge < -0.3 is 19.4 Å². The van der Waals surface area contributed by atoms with E-state index in [2.05, 4.69) is 15.5 Å². The van der Waals surface area contributed by atoms with Crippen LogP contribution in [0.3, 0.4) is 0 Å². The van der Waals surface area contributed by atoms with Crippen molar-refractivity contribution in [1.29, 1.82) is 0 Å². The van der Waals surface area contributed by atoms with E-state index in [4.69, 9.17) is 9.15 Å². The van der Waals surface area contributed by atoms with Gasteiger partial charge in [0.25, 0.3) is 11.8 Å². The number of aromatic nitrogens is 2. The second-order valence-electron chi connectivity index (χ2n) is 6.14. The summed E-state index contributed by atoms with van der Waals surface area (Å²) in [5.41, 5.74) is 0.831. The number of rotatable bonds is 7. The highest BCUT2D eigenvalue weighted by molar-refractivity contribution is 5.77. The van der Waals surface area contributed by atoms with Gasteiger partial charge >= 0.3 is 0 Å². The smallest absolute Gasteiger partial charge is 0.275 e. The van der Waals surface area contributed by atoms with E-state index in [1.54, 1.807) is 7.11 Å². The number of nitrogens with zero attached hydrogens (tertiary/aromatic N) is 2. The second-order valence-corrected chi connectivity index (χ2v) is 6.14. The van der Waals surface area contributed by atoms with Crippen molar-refractivity contribution in [3.05, 3.63) is 30.2 Å². The second kappa shape index (κ2) is 7.92. The van der Waals surface area contributed by atoms with Gasteiger partial charge in [-0.3, -0.25) is 4.79 Å². The largest absolute Gasteiger partial charge is 0.497 e. The van der Waals surface area contributed by atoms with Crippen molar-refractivity contribution in [3.63, 3.8) is 0 Å². The van der Waals surface area contributed by atoms with Crippen LogP contribution in [0.15, 0.2) is 28.7 Å². The van der Waals surface area contributed by atoms with Gasteiger partial charge in [-0.2, -0.15) is 0 Å². The van der Waals surface area contributed by atoms with E-state index in [0.29, 0.717) is 18.3 Å². The molecule has 2 aromatic rings. The summed E-state index contributed by atoms with van der Waals surface area (Å²) in [6.07, 6.45) is 0. The highest BCUT2D eigenvalue weighted by Crippen LogP contribution is 2.22. The summed E-state index contributed by atoms with van der Waals surface area (Å²) in [6.45, 7) is 6.19. The van der Waals surface area contributed by atoms with Crippen molar-refractivity contribution in [2.45, 2.75) is 32.9 Å². The minimum Gasteiger partial charge on any atom is -0.497 e. The Morgan fingerprint density at radius 1 is 1.25 bits per heavy atom. The Balaban J connectivity index is 2.04. The number of ether oxygens (including phenoxy) is 1. The Morgan fingerprint density at radius 3 is 2.50 bits per heavy atom. The molecule has 2 atom stereocenters. The molecular weight excluding hydrogens is 308 g/mol. The van der Waals surface area contributed by atoms with Gasteiger partial charge in [-0.05, 0) is 45.0 Å². The first-order valence-electron chi connectivity index (χ1n) is 8.00. The van der Waals surface area contributed by atoms with Crippen molar-refractivity contribution in [3.8, 4) is 17.2 Å². The third-order valence-corrected chi connectivity index (χ3v) is 3.78. The summed E-state index contributed by atoms with van der Waals surface area (Å²) >= 11 is 0. The van der Waals surface area contributed by atoms with E-state index in [9.17, 15) is 4.79 Å². The van der Waals surface area contributed by atoms with Crippen molar-refractivity contribution in [2.24, 2.45) is 0 Å². The first-order valence-corrected chi connectivity index (χ1v) is 8.00. The molecule has 0 saturated heterocycles. The van der Waals surface area contributed by atoms with Gasteiger partial charge in [-0.25, -0.2) is 0 Å². The lowest BCUT2D eigenvalue weighted by Gasteiger charge is -2.19. The molecule has 1 unspecified atom stereocenters. The van der Waals surface area contributed by atoms with E-state index in [1.165, 1.54) is 0 Å². The number of methoxy groups -OCH3 is 1. The average molecular weight is 333 g/mol. The molecule has 7 heteroatoms. The van der Waals surface area contributed by atoms with Gasteiger partial charge in [0.05, 0.1) is 14.2 Å². The zero-order valence-corrected chi connectivity index (χ0v) is 14.8. The van der Waals surface area contributed by atoms with Gasteiger partial charge in [0.1, 0.15) is 5.75 Å². The predicted molar refractivity (Wildman–Crippen MR) is 89.7 cm³/mol. The molecule has 0 radical (unpaired) electrons. The highest BCUT2D eigenvalue weighted by atomic mass is 16.5. The van der Waals surface area contributed by atoms with Crippen LogP contribution in [0.2, 0.25) is 0 Å². The molecule has 1 amide bonds. The summed E-state index contributed by atoms with van der Waals surface area (Å²) in [5.74, 6) is 1.74. The molecule has 0 aliphatic carbocycles. The van der Waals surface area contributed by atoms with Crippen LogP contribution in [0, 0.1) is 0 Å². The van der Waals surface area contributed by atoms with Crippen molar-refractivity contribution >= 4 is 5.91 Å². The van der Waals surface area contributed by atoms with Gasteiger partial charge in [0.15, 0.2) is 12.6 Å². The minimum atomic E-state index is -0.0811. The van der Waals surface area contributed by atoms with Crippen LogP contribution in [-0.4, -0.2) is 42.8 Å². The summed E-state index contributed by atoms with van der Waals surface area (Å²) < 4.78 is 10.9. The summed E-state index contributed by atoms with van der Waals surface area (Å²) in [6, 6.07) is 7.47. The maximum absolute atomic E-state index is 11.9. The fourth-order valence-corrected chi connectivity index (χ4v) is 2.25.